The van der Waals surface area contributed by atoms with Crippen molar-refractivity contribution in [3.8, 4) is 5.75 Å². The summed E-state index contributed by atoms with van der Waals surface area (Å²) in [6, 6.07) is 10.2. The summed E-state index contributed by atoms with van der Waals surface area (Å²) in [6.45, 7) is 9.06. The van der Waals surface area contributed by atoms with E-state index in [0.29, 0.717) is 32.7 Å². The van der Waals surface area contributed by atoms with Crippen molar-refractivity contribution in [1.29, 1.82) is 0 Å². The molecule has 0 aliphatic heterocycles. The van der Waals surface area contributed by atoms with Crippen molar-refractivity contribution in [2.45, 2.75) is 39.0 Å². The lowest BCUT2D eigenvalue weighted by molar-refractivity contribution is 0.0951. The van der Waals surface area contributed by atoms with E-state index in [2.05, 4.69) is 5.32 Å². The van der Waals surface area contributed by atoms with Crippen LogP contribution in [-0.4, -0.2) is 44.9 Å². The molecule has 0 aliphatic rings. The third-order valence-corrected chi connectivity index (χ3v) is 7.16. The average molecular weight is 453 g/mol. The van der Waals surface area contributed by atoms with E-state index >= 15 is 0 Å². The number of para-hydroxylation sites is 1. The Morgan fingerprint density at radius 2 is 1.73 bits per heavy atom. The second-order valence-electron chi connectivity index (χ2n) is 6.91. The van der Waals surface area contributed by atoms with E-state index in [4.69, 9.17) is 16.3 Å². The maximum Gasteiger partial charge on any atom is 0.252 e. The zero-order chi connectivity index (χ0) is 22.3. The zero-order valence-electron chi connectivity index (χ0n) is 17.9. The van der Waals surface area contributed by atoms with Crippen LogP contribution >= 0.6 is 11.6 Å². The first-order chi connectivity index (χ1) is 14.2. The molecule has 2 aromatic rings. The molecule has 30 heavy (non-hydrogen) atoms. The van der Waals surface area contributed by atoms with Crippen LogP contribution in [0.5, 0.6) is 5.75 Å². The highest BCUT2D eigenvalue weighted by molar-refractivity contribution is 7.89. The van der Waals surface area contributed by atoms with Gasteiger partial charge in [-0.15, -0.1) is 0 Å². The summed E-state index contributed by atoms with van der Waals surface area (Å²) in [5.74, 6) is 0.449. The molecule has 0 radical (unpaired) electrons. The number of aryl methyl sites for hydroxylation is 2. The molecule has 2 rings (SSSR count). The van der Waals surface area contributed by atoms with Crippen molar-refractivity contribution in [3.63, 3.8) is 0 Å². The molecular formula is C22H29ClN2O4S. The Hall–Kier alpha value is -2.09. The largest absolute Gasteiger partial charge is 0.493 e. The first-order valence-corrected chi connectivity index (χ1v) is 11.8. The molecule has 8 heteroatoms. The van der Waals surface area contributed by atoms with Gasteiger partial charge in [0.1, 0.15) is 5.75 Å². The number of ether oxygens (including phenoxy) is 1. The smallest absolute Gasteiger partial charge is 0.252 e. The first kappa shape index (κ1) is 24.2. The quantitative estimate of drug-likeness (QED) is 0.548. The van der Waals surface area contributed by atoms with Gasteiger partial charge in [-0.1, -0.05) is 43.6 Å². The van der Waals surface area contributed by atoms with Gasteiger partial charge < -0.3 is 10.1 Å². The number of carbonyl (C=O) groups excluding carboxylic acids is 1. The van der Waals surface area contributed by atoms with Crippen molar-refractivity contribution in [1.82, 2.24) is 9.62 Å². The summed E-state index contributed by atoms with van der Waals surface area (Å²) in [5.41, 5.74) is 2.27. The first-order valence-electron chi connectivity index (χ1n) is 9.99. The monoisotopic (exact) mass is 452 g/mol. The predicted molar refractivity (Wildman–Crippen MR) is 120 cm³/mol. The van der Waals surface area contributed by atoms with Crippen LogP contribution in [0.4, 0.5) is 0 Å². The molecule has 164 valence electrons. The number of hydrogen-bond acceptors (Lipinski definition) is 4. The molecule has 2 aromatic carbocycles. The van der Waals surface area contributed by atoms with Crippen molar-refractivity contribution in [2.75, 3.05) is 26.2 Å². The number of amides is 1. The molecule has 1 amide bonds. The van der Waals surface area contributed by atoms with Crippen LogP contribution in [-0.2, 0) is 10.0 Å². The van der Waals surface area contributed by atoms with Crippen molar-refractivity contribution in [2.24, 2.45) is 0 Å². The van der Waals surface area contributed by atoms with Gasteiger partial charge in [0.2, 0.25) is 10.0 Å². The van der Waals surface area contributed by atoms with Crippen LogP contribution in [0, 0.1) is 13.8 Å². The minimum absolute atomic E-state index is 0.0547. The number of sulfonamides is 1. The standard InChI is InChI=1S/C22H29ClN2O4S/c1-5-25(6-2)30(27,28)18-11-12-20(23)19(15-18)22(26)24-13-8-14-29-21-16(3)9-7-10-17(21)4/h7,9-12,15H,5-6,8,13-14H2,1-4H3,(H,24,26). The molecule has 6 nitrogen and oxygen atoms in total. The maximum atomic E-state index is 12.7. The van der Waals surface area contributed by atoms with Gasteiger partial charge in [0.25, 0.3) is 5.91 Å². The van der Waals surface area contributed by atoms with Crippen LogP contribution in [0.2, 0.25) is 5.02 Å². The summed E-state index contributed by atoms with van der Waals surface area (Å²) < 4.78 is 32.6. The van der Waals surface area contributed by atoms with Gasteiger partial charge in [0, 0.05) is 19.6 Å². The Bertz CT molecular complexity index is 968. The zero-order valence-corrected chi connectivity index (χ0v) is 19.4. The van der Waals surface area contributed by atoms with Crippen molar-refractivity contribution < 1.29 is 17.9 Å². The molecule has 1 N–H and O–H groups in total. The van der Waals surface area contributed by atoms with E-state index in [1.54, 1.807) is 13.8 Å². The second-order valence-corrected chi connectivity index (χ2v) is 9.25. The van der Waals surface area contributed by atoms with Gasteiger partial charge >= 0.3 is 0 Å². The number of rotatable bonds is 10. The van der Waals surface area contributed by atoms with E-state index in [9.17, 15) is 13.2 Å². The van der Waals surface area contributed by atoms with Gasteiger partial charge in [-0.3, -0.25) is 4.79 Å². The molecule has 0 saturated heterocycles. The lowest BCUT2D eigenvalue weighted by Crippen LogP contribution is -2.31. The average Bonchev–Trinajstić information content (AvgIpc) is 2.70. The highest BCUT2D eigenvalue weighted by atomic mass is 35.5. The molecule has 0 unspecified atom stereocenters. The SMILES string of the molecule is CCN(CC)S(=O)(=O)c1ccc(Cl)c(C(=O)NCCCOc2c(C)cccc2C)c1. The fourth-order valence-electron chi connectivity index (χ4n) is 3.12. The molecule has 0 saturated carbocycles. The third kappa shape index (κ3) is 5.74. The van der Waals surface area contributed by atoms with E-state index in [-0.39, 0.29) is 15.5 Å². The van der Waals surface area contributed by atoms with E-state index in [1.807, 2.05) is 32.0 Å². The fourth-order valence-corrected chi connectivity index (χ4v) is 4.81. The normalized spacial score (nSPS) is 11.5. The highest BCUT2D eigenvalue weighted by Crippen LogP contribution is 2.24. The summed E-state index contributed by atoms with van der Waals surface area (Å²) in [4.78, 5) is 12.6. The van der Waals surface area contributed by atoms with Crippen molar-refractivity contribution in [3.05, 3.63) is 58.1 Å². The topological polar surface area (TPSA) is 75.7 Å². The van der Waals surface area contributed by atoms with Gasteiger partial charge in [-0.25, -0.2) is 8.42 Å². The Morgan fingerprint density at radius 1 is 1.10 bits per heavy atom. The summed E-state index contributed by atoms with van der Waals surface area (Å²) in [5, 5.41) is 2.99. The van der Waals surface area contributed by atoms with Crippen LogP contribution < -0.4 is 10.1 Å². The Kier molecular flexibility index (Phi) is 8.70. The van der Waals surface area contributed by atoms with Crippen LogP contribution in [0.3, 0.4) is 0 Å². The molecule has 0 aromatic heterocycles. The molecule has 0 spiro atoms. The van der Waals surface area contributed by atoms with E-state index < -0.39 is 15.9 Å². The fraction of sp³-hybridized carbons (Fsp3) is 0.409. The number of halogens is 1. The Labute approximate surface area is 184 Å². The maximum absolute atomic E-state index is 12.7. The number of hydrogen-bond donors (Lipinski definition) is 1. The highest BCUT2D eigenvalue weighted by Gasteiger charge is 2.23. The number of carbonyl (C=O) groups is 1. The molecule has 0 bridgehead atoms. The van der Waals surface area contributed by atoms with Gasteiger partial charge in [0.05, 0.1) is 22.1 Å². The number of nitrogens with one attached hydrogen (secondary N) is 1. The Balaban J connectivity index is 1.98. The van der Waals surface area contributed by atoms with E-state index in [0.717, 1.165) is 16.9 Å². The van der Waals surface area contributed by atoms with Crippen LogP contribution in [0.15, 0.2) is 41.3 Å². The molecule has 0 aliphatic carbocycles. The predicted octanol–water partition coefficient (Wildman–Crippen LogP) is 4.19. The summed E-state index contributed by atoms with van der Waals surface area (Å²) >= 11 is 6.15. The summed E-state index contributed by atoms with van der Waals surface area (Å²) in [7, 11) is -3.67. The third-order valence-electron chi connectivity index (χ3n) is 4.79. The number of nitrogens with zero attached hydrogens (tertiary/aromatic N) is 1. The molecule has 0 heterocycles. The lowest BCUT2D eigenvalue weighted by Gasteiger charge is -2.19. The molecule has 0 fully saturated rings. The molecule has 0 atom stereocenters. The van der Waals surface area contributed by atoms with Crippen molar-refractivity contribution >= 4 is 27.5 Å². The molecular weight excluding hydrogens is 424 g/mol. The number of benzene rings is 2. The Morgan fingerprint density at radius 3 is 2.33 bits per heavy atom. The van der Waals surface area contributed by atoms with Gasteiger partial charge in [-0.2, -0.15) is 4.31 Å². The minimum atomic E-state index is -3.67. The van der Waals surface area contributed by atoms with Gasteiger partial charge in [0.15, 0.2) is 0 Å². The minimum Gasteiger partial charge on any atom is -0.493 e. The van der Waals surface area contributed by atoms with Gasteiger partial charge in [-0.05, 0) is 49.6 Å². The second kappa shape index (κ2) is 10.8. The van der Waals surface area contributed by atoms with E-state index in [1.165, 1.54) is 22.5 Å². The van der Waals surface area contributed by atoms with Crippen LogP contribution in [0.25, 0.3) is 0 Å². The lowest BCUT2D eigenvalue weighted by atomic mass is 10.1. The van der Waals surface area contributed by atoms with Crippen LogP contribution in [0.1, 0.15) is 41.8 Å². The summed E-state index contributed by atoms with van der Waals surface area (Å²) in [6.07, 6.45) is 0.606.